The lowest BCUT2D eigenvalue weighted by Crippen LogP contribution is -2.51. The smallest absolute Gasteiger partial charge is 0.243 e. The van der Waals surface area contributed by atoms with Crippen LogP contribution in [0.5, 0.6) is 0 Å². The van der Waals surface area contributed by atoms with Gasteiger partial charge in [0.2, 0.25) is 5.91 Å². The van der Waals surface area contributed by atoms with Gasteiger partial charge in [0.25, 0.3) is 0 Å². The number of carbonyl (C=O) groups excluding carboxylic acids is 1. The second kappa shape index (κ2) is 5.90. The summed E-state index contributed by atoms with van der Waals surface area (Å²) in [4.78, 5) is 18.3. The highest BCUT2D eigenvalue weighted by Crippen LogP contribution is 2.23. The van der Waals surface area contributed by atoms with Crippen LogP contribution in [0.1, 0.15) is 6.92 Å². The third kappa shape index (κ3) is 3.48. The lowest BCUT2D eigenvalue weighted by Gasteiger charge is -2.31. The molecule has 0 spiro atoms. The van der Waals surface area contributed by atoms with Gasteiger partial charge in [-0.05, 0) is 22.9 Å². The molecule has 0 saturated carbocycles. The number of nitrogens with one attached hydrogen (secondary N) is 2. The number of aromatic nitrogens is 1. The molecule has 1 aliphatic heterocycles. The van der Waals surface area contributed by atoms with Crippen molar-refractivity contribution in [3.63, 3.8) is 0 Å². The lowest BCUT2D eigenvalue weighted by molar-refractivity contribution is -0.120. The van der Waals surface area contributed by atoms with Crippen LogP contribution < -0.4 is 10.6 Å². The fourth-order valence-electron chi connectivity index (χ4n) is 1.76. The fourth-order valence-corrected chi connectivity index (χ4v) is 2.87. The van der Waals surface area contributed by atoms with Gasteiger partial charge in [-0.25, -0.2) is 4.98 Å². The summed E-state index contributed by atoms with van der Waals surface area (Å²) in [5, 5.41) is 6.75. The summed E-state index contributed by atoms with van der Waals surface area (Å²) >= 11 is 4.74. The van der Waals surface area contributed by atoms with E-state index in [-0.39, 0.29) is 11.9 Å². The molecule has 7 heteroatoms. The average molecular weight is 319 g/mol. The van der Waals surface area contributed by atoms with E-state index in [1.165, 1.54) is 11.3 Å². The molecule has 0 aromatic carbocycles. The summed E-state index contributed by atoms with van der Waals surface area (Å²) in [6.45, 7) is 5.65. The summed E-state index contributed by atoms with van der Waals surface area (Å²) in [6, 6.07) is -0.111. The Kier molecular flexibility index (Phi) is 4.49. The predicted molar refractivity (Wildman–Crippen MR) is 72.3 cm³/mol. The highest BCUT2D eigenvalue weighted by Gasteiger charge is 2.23. The minimum Gasteiger partial charge on any atom is -0.314 e. The number of halogens is 1. The molecule has 2 rings (SSSR count). The van der Waals surface area contributed by atoms with Crippen LogP contribution in [0.4, 0.5) is 5.13 Å². The first-order valence-corrected chi connectivity index (χ1v) is 7.15. The zero-order chi connectivity index (χ0) is 12.3. The monoisotopic (exact) mass is 318 g/mol. The number of anilines is 1. The maximum Gasteiger partial charge on any atom is 0.243 e. The van der Waals surface area contributed by atoms with Crippen molar-refractivity contribution in [2.45, 2.75) is 13.0 Å². The van der Waals surface area contributed by atoms with Crippen LogP contribution in [-0.4, -0.2) is 48.0 Å². The highest BCUT2D eigenvalue weighted by atomic mass is 79.9. The molecular weight excluding hydrogens is 304 g/mol. The zero-order valence-corrected chi connectivity index (χ0v) is 12.0. The molecule has 1 aliphatic rings. The van der Waals surface area contributed by atoms with Gasteiger partial charge in [0.05, 0.1) is 16.0 Å². The Labute approximate surface area is 113 Å². The number of carbonyl (C=O) groups is 1. The molecule has 5 nitrogen and oxygen atoms in total. The quantitative estimate of drug-likeness (QED) is 0.877. The fraction of sp³-hybridized carbons (Fsp3) is 0.600. The van der Waals surface area contributed by atoms with Gasteiger partial charge in [-0.2, -0.15) is 0 Å². The molecule has 1 fully saturated rings. The normalized spacial score (nSPS) is 18.9. The predicted octanol–water partition coefficient (Wildman–Crippen LogP) is 1.14. The average Bonchev–Trinajstić information content (AvgIpc) is 2.75. The summed E-state index contributed by atoms with van der Waals surface area (Å²) in [5.74, 6) is 0.00810. The third-order valence-electron chi connectivity index (χ3n) is 2.79. The van der Waals surface area contributed by atoms with Crippen molar-refractivity contribution < 1.29 is 4.79 Å². The van der Waals surface area contributed by atoms with Gasteiger partial charge in [0.1, 0.15) is 0 Å². The van der Waals surface area contributed by atoms with Crippen LogP contribution in [0.2, 0.25) is 0 Å². The lowest BCUT2D eigenvalue weighted by atomic mass is 10.2. The Bertz CT molecular complexity index is 391. The Morgan fingerprint density at radius 1 is 1.65 bits per heavy atom. The van der Waals surface area contributed by atoms with Crippen LogP contribution in [0, 0.1) is 0 Å². The van der Waals surface area contributed by atoms with Gasteiger partial charge < -0.3 is 10.6 Å². The van der Waals surface area contributed by atoms with Crippen LogP contribution in [0.15, 0.2) is 9.98 Å². The molecule has 1 saturated heterocycles. The number of hydrogen-bond donors (Lipinski definition) is 2. The number of thiazole rings is 1. The molecular formula is C10H15BrN4OS. The standard InChI is InChI=1S/C10H15BrN4OS/c1-7(15-4-2-12-3-5-15)9(16)14-10-13-6-8(11)17-10/h6-7,12H,2-5H2,1H3,(H,13,14,16). The molecule has 1 atom stereocenters. The van der Waals surface area contributed by atoms with Crippen molar-refractivity contribution in [2.75, 3.05) is 31.5 Å². The summed E-state index contributed by atoms with van der Waals surface area (Å²) < 4.78 is 0.919. The van der Waals surface area contributed by atoms with E-state index in [0.717, 1.165) is 30.0 Å². The largest absolute Gasteiger partial charge is 0.314 e. The minimum atomic E-state index is -0.111. The van der Waals surface area contributed by atoms with Crippen LogP contribution in [-0.2, 0) is 4.79 Å². The molecule has 1 aromatic rings. The Hall–Kier alpha value is -0.500. The van der Waals surface area contributed by atoms with Crippen LogP contribution in [0.3, 0.4) is 0 Å². The van der Waals surface area contributed by atoms with Gasteiger partial charge >= 0.3 is 0 Å². The topological polar surface area (TPSA) is 57.3 Å². The van der Waals surface area contributed by atoms with Crippen molar-refractivity contribution in [3.05, 3.63) is 9.98 Å². The molecule has 0 aliphatic carbocycles. The third-order valence-corrected chi connectivity index (χ3v) is 4.18. The van der Waals surface area contributed by atoms with Crippen molar-refractivity contribution in [3.8, 4) is 0 Å². The molecule has 0 bridgehead atoms. The van der Waals surface area contributed by atoms with E-state index in [1.807, 2.05) is 6.92 Å². The summed E-state index contributed by atoms with van der Waals surface area (Å²) in [6.07, 6.45) is 1.69. The number of rotatable bonds is 3. The maximum absolute atomic E-state index is 12.0. The Morgan fingerprint density at radius 2 is 2.35 bits per heavy atom. The molecule has 2 N–H and O–H groups in total. The summed E-state index contributed by atoms with van der Waals surface area (Å²) in [7, 11) is 0. The molecule has 94 valence electrons. The van der Waals surface area contributed by atoms with E-state index in [0.29, 0.717) is 5.13 Å². The SMILES string of the molecule is CC(C(=O)Nc1ncc(Br)s1)N1CCNCC1. The first kappa shape index (κ1) is 12.9. The van der Waals surface area contributed by atoms with Crippen LogP contribution >= 0.6 is 27.3 Å². The van der Waals surface area contributed by atoms with Gasteiger partial charge in [-0.1, -0.05) is 11.3 Å². The second-order valence-electron chi connectivity index (χ2n) is 3.92. The highest BCUT2D eigenvalue weighted by molar-refractivity contribution is 9.11. The Balaban J connectivity index is 1.90. The zero-order valence-electron chi connectivity index (χ0n) is 9.57. The maximum atomic E-state index is 12.0. The molecule has 2 heterocycles. The summed E-state index contributed by atoms with van der Waals surface area (Å²) in [5.41, 5.74) is 0. The van der Waals surface area contributed by atoms with Crippen molar-refractivity contribution >= 4 is 38.3 Å². The van der Waals surface area contributed by atoms with E-state index >= 15 is 0 Å². The minimum absolute atomic E-state index is 0.00810. The van der Waals surface area contributed by atoms with Gasteiger partial charge in [0.15, 0.2) is 5.13 Å². The van der Waals surface area contributed by atoms with Crippen molar-refractivity contribution in [2.24, 2.45) is 0 Å². The van der Waals surface area contributed by atoms with E-state index in [9.17, 15) is 4.79 Å². The van der Waals surface area contributed by atoms with E-state index in [4.69, 9.17) is 0 Å². The van der Waals surface area contributed by atoms with E-state index < -0.39 is 0 Å². The van der Waals surface area contributed by atoms with Crippen molar-refractivity contribution in [1.29, 1.82) is 0 Å². The number of hydrogen-bond acceptors (Lipinski definition) is 5. The number of piperazine rings is 1. The van der Waals surface area contributed by atoms with Gasteiger partial charge in [0, 0.05) is 26.2 Å². The first-order valence-electron chi connectivity index (χ1n) is 5.54. The molecule has 0 radical (unpaired) electrons. The van der Waals surface area contributed by atoms with E-state index in [2.05, 4.69) is 36.4 Å². The molecule has 17 heavy (non-hydrogen) atoms. The van der Waals surface area contributed by atoms with Crippen molar-refractivity contribution in [1.82, 2.24) is 15.2 Å². The molecule has 1 aromatic heterocycles. The number of nitrogens with zero attached hydrogens (tertiary/aromatic N) is 2. The van der Waals surface area contributed by atoms with Gasteiger partial charge in [-0.3, -0.25) is 9.69 Å². The van der Waals surface area contributed by atoms with E-state index in [1.54, 1.807) is 6.20 Å². The molecule has 1 amide bonds. The molecule has 1 unspecified atom stereocenters. The second-order valence-corrected chi connectivity index (χ2v) is 6.33. The van der Waals surface area contributed by atoms with Gasteiger partial charge in [-0.15, -0.1) is 0 Å². The number of amides is 1. The first-order chi connectivity index (χ1) is 8.16. The Morgan fingerprint density at radius 3 is 2.94 bits per heavy atom. The van der Waals surface area contributed by atoms with Crippen LogP contribution in [0.25, 0.3) is 0 Å².